The van der Waals surface area contributed by atoms with Crippen molar-refractivity contribution in [3.8, 4) is 5.69 Å². The summed E-state index contributed by atoms with van der Waals surface area (Å²) in [5, 5.41) is 7.80. The molecule has 0 aliphatic carbocycles. The third-order valence-electron chi connectivity index (χ3n) is 3.57. The summed E-state index contributed by atoms with van der Waals surface area (Å²) in [5.74, 6) is 0. The van der Waals surface area contributed by atoms with Gasteiger partial charge in [-0.2, -0.15) is 5.10 Å². The van der Waals surface area contributed by atoms with Crippen LogP contribution in [0.2, 0.25) is 0 Å². The van der Waals surface area contributed by atoms with Crippen LogP contribution in [0.1, 0.15) is 18.1 Å². The van der Waals surface area contributed by atoms with Gasteiger partial charge in [-0.3, -0.25) is 0 Å². The van der Waals surface area contributed by atoms with E-state index in [1.54, 1.807) is 6.20 Å². The van der Waals surface area contributed by atoms with E-state index in [4.69, 9.17) is 0 Å². The predicted octanol–water partition coefficient (Wildman–Crippen LogP) is 4.05. The molecule has 1 N–H and O–H groups in total. The number of anilines is 1. The number of hydrogen-bond acceptors (Lipinski definition) is 2. The molecule has 0 fully saturated rings. The fourth-order valence-electron chi connectivity index (χ4n) is 2.32. The highest BCUT2D eigenvalue weighted by atomic mass is 15.3. The first kappa shape index (κ1) is 13.4. The Hall–Kier alpha value is -2.55. The van der Waals surface area contributed by atoms with Crippen molar-refractivity contribution in [3.05, 3.63) is 78.1 Å². The van der Waals surface area contributed by atoms with Crippen molar-refractivity contribution >= 4 is 5.69 Å². The molecule has 0 saturated heterocycles. The van der Waals surface area contributed by atoms with Gasteiger partial charge in [0.1, 0.15) is 0 Å². The van der Waals surface area contributed by atoms with Gasteiger partial charge in [0.05, 0.1) is 11.4 Å². The summed E-state index contributed by atoms with van der Waals surface area (Å²) in [6.45, 7) is 2.98. The van der Waals surface area contributed by atoms with Crippen LogP contribution in [0.3, 0.4) is 0 Å². The molecule has 0 bridgehead atoms. The van der Waals surface area contributed by atoms with E-state index in [0.29, 0.717) is 0 Å². The lowest BCUT2D eigenvalue weighted by atomic mass is 10.1. The lowest BCUT2D eigenvalue weighted by Gasteiger charge is -2.12. The summed E-state index contributed by atoms with van der Waals surface area (Å²) in [4.78, 5) is 0. The van der Waals surface area contributed by atoms with Gasteiger partial charge in [-0.25, -0.2) is 4.68 Å². The highest BCUT2D eigenvalue weighted by molar-refractivity contribution is 5.60. The number of para-hydroxylation sites is 2. The molecule has 3 heteroatoms. The Balaban J connectivity index is 1.76. The van der Waals surface area contributed by atoms with E-state index in [9.17, 15) is 0 Å². The fraction of sp³-hybridized carbons (Fsp3) is 0.167. The second-order valence-electron chi connectivity index (χ2n) is 4.99. The van der Waals surface area contributed by atoms with Crippen molar-refractivity contribution in [2.75, 3.05) is 5.32 Å². The lowest BCUT2D eigenvalue weighted by Crippen LogP contribution is -2.04. The summed E-state index contributed by atoms with van der Waals surface area (Å²) in [7, 11) is 0. The van der Waals surface area contributed by atoms with Crippen molar-refractivity contribution in [3.63, 3.8) is 0 Å². The number of rotatable bonds is 5. The topological polar surface area (TPSA) is 29.9 Å². The maximum absolute atomic E-state index is 4.30. The Kier molecular flexibility index (Phi) is 4.01. The minimum atomic E-state index is 0.808. The number of aromatic nitrogens is 2. The van der Waals surface area contributed by atoms with Gasteiger partial charge in [-0.05, 0) is 35.7 Å². The largest absolute Gasteiger partial charge is 0.379 e. The molecule has 2 aromatic carbocycles. The zero-order valence-electron chi connectivity index (χ0n) is 12.2. The van der Waals surface area contributed by atoms with Gasteiger partial charge in [0, 0.05) is 18.9 Å². The van der Waals surface area contributed by atoms with Crippen molar-refractivity contribution in [2.45, 2.75) is 19.9 Å². The molecule has 0 saturated carbocycles. The zero-order chi connectivity index (χ0) is 14.5. The third kappa shape index (κ3) is 3.14. The number of benzene rings is 2. The van der Waals surface area contributed by atoms with Gasteiger partial charge in [0.15, 0.2) is 0 Å². The highest BCUT2D eigenvalue weighted by Gasteiger charge is 2.03. The quantitative estimate of drug-likeness (QED) is 0.762. The lowest BCUT2D eigenvalue weighted by molar-refractivity contribution is 0.879. The van der Waals surface area contributed by atoms with E-state index in [2.05, 4.69) is 53.7 Å². The maximum atomic E-state index is 4.30. The second kappa shape index (κ2) is 6.27. The Morgan fingerprint density at radius 1 is 0.952 bits per heavy atom. The maximum Gasteiger partial charge on any atom is 0.0876 e. The smallest absolute Gasteiger partial charge is 0.0876 e. The molecule has 0 amide bonds. The van der Waals surface area contributed by atoms with Crippen LogP contribution in [0.15, 0.2) is 67.0 Å². The SMILES string of the molecule is CCc1ccc(CNc2ccccc2-n2cccn2)cc1. The van der Waals surface area contributed by atoms with Crippen molar-refractivity contribution in [1.29, 1.82) is 0 Å². The summed E-state index contributed by atoms with van der Waals surface area (Å²) < 4.78 is 1.88. The van der Waals surface area contributed by atoms with Crippen LogP contribution in [0.25, 0.3) is 5.69 Å². The first-order chi connectivity index (χ1) is 10.4. The second-order valence-corrected chi connectivity index (χ2v) is 4.99. The number of aryl methyl sites for hydroxylation is 1. The Labute approximate surface area is 125 Å². The molecule has 0 aliphatic rings. The molecule has 3 rings (SSSR count). The molecule has 3 nitrogen and oxygen atoms in total. The van der Waals surface area contributed by atoms with Crippen LogP contribution < -0.4 is 5.32 Å². The molecule has 0 spiro atoms. The summed E-state index contributed by atoms with van der Waals surface area (Å²) >= 11 is 0. The average molecular weight is 277 g/mol. The Bertz CT molecular complexity index is 685. The van der Waals surface area contributed by atoms with Crippen molar-refractivity contribution in [2.24, 2.45) is 0 Å². The van der Waals surface area contributed by atoms with Gasteiger partial charge in [-0.1, -0.05) is 43.3 Å². The minimum Gasteiger partial charge on any atom is -0.379 e. The number of nitrogens with one attached hydrogen (secondary N) is 1. The molecule has 1 aromatic heterocycles. The molecular weight excluding hydrogens is 258 g/mol. The van der Waals surface area contributed by atoms with E-state index in [-0.39, 0.29) is 0 Å². The van der Waals surface area contributed by atoms with Gasteiger partial charge in [-0.15, -0.1) is 0 Å². The zero-order valence-corrected chi connectivity index (χ0v) is 12.2. The molecule has 106 valence electrons. The van der Waals surface area contributed by atoms with Crippen LogP contribution in [0.5, 0.6) is 0 Å². The van der Waals surface area contributed by atoms with E-state index in [1.165, 1.54) is 11.1 Å². The molecule has 0 atom stereocenters. The van der Waals surface area contributed by atoms with Crippen LogP contribution in [0.4, 0.5) is 5.69 Å². The van der Waals surface area contributed by atoms with E-state index < -0.39 is 0 Å². The van der Waals surface area contributed by atoms with E-state index in [1.807, 2.05) is 29.1 Å². The average Bonchev–Trinajstić information content (AvgIpc) is 3.08. The van der Waals surface area contributed by atoms with E-state index >= 15 is 0 Å². The molecule has 0 aliphatic heterocycles. The van der Waals surface area contributed by atoms with Crippen LogP contribution >= 0.6 is 0 Å². The first-order valence-electron chi connectivity index (χ1n) is 7.27. The van der Waals surface area contributed by atoms with Crippen LogP contribution in [-0.4, -0.2) is 9.78 Å². The molecular formula is C18H19N3. The predicted molar refractivity (Wildman–Crippen MR) is 86.7 cm³/mol. The Morgan fingerprint density at radius 3 is 2.43 bits per heavy atom. The summed E-state index contributed by atoms with van der Waals surface area (Å²) in [5.41, 5.74) is 4.80. The van der Waals surface area contributed by atoms with Gasteiger partial charge < -0.3 is 5.32 Å². The van der Waals surface area contributed by atoms with E-state index in [0.717, 1.165) is 24.3 Å². The van der Waals surface area contributed by atoms with Gasteiger partial charge in [0.2, 0.25) is 0 Å². The third-order valence-corrected chi connectivity index (χ3v) is 3.57. The normalized spacial score (nSPS) is 10.5. The fourth-order valence-corrected chi connectivity index (χ4v) is 2.32. The minimum absolute atomic E-state index is 0.808. The standard InChI is InChI=1S/C18H19N3/c1-2-15-8-10-16(11-9-15)14-19-17-6-3-4-7-18(17)21-13-5-12-20-21/h3-13,19H,2,14H2,1H3. The molecule has 1 heterocycles. The van der Waals surface area contributed by atoms with Crippen LogP contribution in [-0.2, 0) is 13.0 Å². The Morgan fingerprint density at radius 2 is 1.71 bits per heavy atom. The van der Waals surface area contributed by atoms with Gasteiger partial charge in [0.25, 0.3) is 0 Å². The summed E-state index contributed by atoms with van der Waals surface area (Å²) in [6.07, 6.45) is 4.83. The van der Waals surface area contributed by atoms with Crippen LogP contribution in [0, 0.1) is 0 Å². The number of hydrogen-bond donors (Lipinski definition) is 1. The molecule has 3 aromatic rings. The first-order valence-corrected chi connectivity index (χ1v) is 7.27. The highest BCUT2D eigenvalue weighted by Crippen LogP contribution is 2.19. The van der Waals surface area contributed by atoms with Gasteiger partial charge >= 0.3 is 0 Å². The summed E-state index contributed by atoms with van der Waals surface area (Å²) in [6, 6.07) is 18.9. The molecule has 0 unspecified atom stereocenters. The van der Waals surface area contributed by atoms with Crippen molar-refractivity contribution < 1.29 is 0 Å². The molecule has 0 radical (unpaired) electrons. The van der Waals surface area contributed by atoms with Crippen molar-refractivity contribution in [1.82, 2.24) is 9.78 Å². The molecule has 21 heavy (non-hydrogen) atoms. The number of nitrogens with zero attached hydrogens (tertiary/aromatic N) is 2. The monoisotopic (exact) mass is 277 g/mol.